The van der Waals surface area contributed by atoms with Gasteiger partial charge < -0.3 is 14.2 Å². The first-order chi connectivity index (χ1) is 12.1. The van der Waals surface area contributed by atoms with Crippen molar-refractivity contribution in [3.8, 4) is 11.5 Å². The number of carbonyl (C=O) groups excluding carboxylic acids is 2. The van der Waals surface area contributed by atoms with E-state index in [0.29, 0.717) is 11.5 Å². The van der Waals surface area contributed by atoms with Crippen LogP contribution in [0.5, 0.6) is 11.5 Å². The van der Waals surface area contributed by atoms with Crippen molar-refractivity contribution >= 4 is 24.3 Å². The van der Waals surface area contributed by atoms with E-state index in [2.05, 4.69) is 0 Å². The van der Waals surface area contributed by atoms with Crippen molar-refractivity contribution in [1.82, 2.24) is 8.61 Å². The van der Waals surface area contributed by atoms with E-state index >= 15 is 0 Å². The third-order valence-electron chi connectivity index (χ3n) is 3.64. The summed E-state index contributed by atoms with van der Waals surface area (Å²) in [6.45, 7) is 9.64. The fourth-order valence-electron chi connectivity index (χ4n) is 2.52. The van der Waals surface area contributed by atoms with Gasteiger partial charge in [-0.3, -0.25) is 0 Å². The molecule has 1 aliphatic rings. The Kier molecular flexibility index (Phi) is 6.28. The zero-order valence-corrected chi connectivity index (χ0v) is 16.9. The molecule has 2 rings (SSSR count). The molecule has 1 aromatic carbocycles. The van der Waals surface area contributed by atoms with Crippen LogP contribution < -0.4 is 9.47 Å². The molecule has 1 aliphatic heterocycles. The molecule has 0 aliphatic carbocycles. The van der Waals surface area contributed by atoms with Gasteiger partial charge in [0.1, 0.15) is 5.60 Å². The zero-order valence-electron chi connectivity index (χ0n) is 16.1. The molecule has 1 aromatic rings. The first-order valence-electron chi connectivity index (χ1n) is 8.55. The zero-order chi connectivity index (χ0) is 19.5. The van der Waals surface area contributed by atoms with Crippen LogP contribution in [-0.2, 0) is 11.2 Å². The molecule has 0 aromatic heterocycles. The van der Waals surface area contributed by atoms with Crippen molar-refractivity contribution in [3.63, 3.8) is 0 Å². The maximum absolute atomic E-state index is 12.5. The third kappa shape index (κ3) is 4.75. The van der Waals surface area contributed by atoms with Crippen LogP contribution >= 0.6 is 12.1 Å². The standard InChI is InChI=1S/C18H26N2O5S/c1-7-23-17(22)20(12(2)3)26-19(6)16(21)24-14-10-8-9-13-11-18(4,5)25-15(13)14/h8-10,12H,7,11H2,1-6H3. The van der Waals surface area contributed by atoms with E-state index in [-0.39, 0.29) is 18.2 Å². The van der Waals surface area contributed by atoms with Crippen LogP contribution in [0.2, 0.25) is 0 Å². The lowest BCUT2D eigenvalue weighted by Crippen LogP contribution is -2.37. The molecule has 144 valence electrons. The van der Waals surface area contributed by atoms with Gasteiger partial charge in [-0.15, -0.1) is 0 Å². The predicted octanol–water partition coefficient (Wildman–Crippen LogP) is 4.26. The van der Waals surface area contributed by atoms with E-state index in [9.17, 15) is 9.59 Å². The summed E-state index contributed by atoms with van der Waals surface area (Å²) >= 11 is 0.938. The summed E-state index contributed by atoms with van der Waals surface area (Å²) in [6.07, 6.45) is -0.355. The van der Waals surface area contributed by atoms with E-state index in [1.54, 1.807) is 13.0 Å². The highest BCUT2D eigenvalue weighted by molar-refractivity contribution is 7.95. The molecule has 2 amide bonds. The number of hydrogen-bond donors (Lipinski definition) is 0. The lowest BCUT2D eigenvalue weighted by Gasteiger charge is -2.27. The Morgan fingerprint density at radius 2 is 2.00 bits per heavy atom. The Morgan fingerprint density at radius 1 is 1.31 bits per heavy atom. The van der Waals surface area contributed by atoms with Crippen LogP contribution in [0.15, 0.2) is 18.2 Å². The molecular weight excluding hydrogens is 356 g/mol. The summed E-state index contributed by atoms with van der Waals surface area (Å²) in [5.41, 5.74) is 0.676. The number of para-hydroxylation sites is 1. The first kappa shape index (κ1) is 20.2. The lowest BCUT2D eigenvalue weighted by atomic mass is 10.0. The Morgan fingerprint density at radius 3 is 2.62 bits per heavy atom. The summed E-state index contributed by atoms with van der Waals surface area (Å²) in [4.78, 5) is 24.5. The largest absolute Gasteiger partial charge is 0.483 e. The molecule has 0 fully saturated rings. The molecule has 8 heteroatoms. The Balaban J connectivity index is 2.06. The monoisotopic (exact) mass is 382 g/mol. The van der Waals surface area contributed by atoms with Gasteiger partial charge >= 0.3 is 12.2 Å². The number of carbonyl (C=O) groups is 2. The minimum Gasteiger partial charge on any atom is -0.483 e. The second-order valence-corrected chi connectivity index (χ2v) is 7.95. The van der Waals surface area contributed by atoms with Gasteiger partial charge in [-0.2, -0.15) is 0 Å². The topological polar surface area (TPSA) is 68.3 Å². The summed E-state index contributed by atoms with van der Waals surface area (Å²) in [7, 11) is 1.54. The van der Waals surface area contributed by atoms with Crippen molar-refractivity contribution in [3.05, 3.63) is 23.8 Å². The van der Waals surface area contributed by atoms with Crippen LogP contribution in [0.1, 0.15) is 40.2 Å². The quantitative estimate of drug-likeness (QED) is 0.709. The molecule has 0 saturated carbocycles. The Hall–Kier alpha value is -2.09. The molecule has 0 spiro atoms. The predicted molar refractivity (Wildman–Crippen MR) is 100 cm³/mol. The summed E-state index contributed by atoms with van der Waals surface area (Å²) < 4.78 is 19.0. The maximum Gasteiger partial charge on any atom is 0.426 e. The molecule has 0 atom stereocenters. The van der Waals surface area contributed by atoms with Gasteiger partial charge in [0.05, 0.1) is 18.7 Å². The normalized spacial score (nSPS) is 14.4. The van der Waals surface area contributed by atoms with Gasteiger partial charge in [0.15, 0.2) is 11.5 Å². The van der Waals surface area contributed by atoms with Gasteiger partial charge in [0, 0.05) is 25.1 Å². The number of nitrogens with zero attached hydrogens (tertiary/aromatic N) is 2. The van der Waals surface area contributed by atoms with Gasteiger partial charge in [-0.1, -0.05) is 12.1 Å². The smallest absolute Gasteiger partial charge is 0.426 e. The molecule has 0 N–H and O–H groups in total. The van der Waals surface area contributed by atoms with Gasteiger partial charge in [0.25, 0.3) is 0 Å². The average molecular weight is 382 g/mol. The third-order valence-corrected chi connectivity index (χ3v) is 4.78. The van der Waals surface area contributed by atoms with Crippen molar-refractivity contribution in [2.24, 2.45) is 0 Å². The number of hydrogen-bond acceptors (Lipinski definition) is 6. The van der Waals surface area contributed by atoms with Crippen molar-refractivity contribution in [2.75, 3.05) is 13.7 Å². The highest BCUT2D eigenvalue weighted by atomic mass is 32.2. The summed E-state index contributed by atoms with van der Waals surface area (Å²) in [6, 6.07) is 5.33. The SMILES string of the molecule is CCOC(=O)N(SN(C)C(=O)Oc1cccc2c1OC(C)(C)C2)C(C)C. The number of rotatable bonds is 5. The Bertz CT molecular complexity index is 678. The van der Waals surface area contributed by atoms with Gasteiger partial charge in [-0.25, -0.2) is 18.2 Å². The molecule has 0 unspecified atom stereocenters. The minimum atomic E-state index is -0.605. The Labute approximate surface area is 158 Å². The van der Waals surface area contributed by atoms with Gasteiger partial charge in [0.2, 0.25) is 0 Å². The second-order valence-electron chi connectivity index (χ2n) is 6.85. The van der Waals surface area contributed by atoms with Crippen molar-refractivity contribution < 1.29 is 23.8 Å². The van der Waals surface area contributed by atoms with Crippen LogP contribution in [0, 0.1) is 0 Å². The average Bonchev–Trinajstić information content (AvgIpc) is 2.87. The summed E-state index contributed by atoms with van der Waals surface area (Å²) in [5.74, 6) is 0.966. The maximum atomic E-state index is 12.5. The lowest BCUT2D eigenvalue weighted by molar-refractivity contribution is 0.125. The van der Waals surface area contributed by atoms with E-state index in [0.717, 1.165) is 24.1 Å². The van der Waals surface area contributed by atoms with E-state index < -0.39 is 12.2 Å². The fraction of sp³-hybridized carbons (Fsp3) is 0.556. The van der Waals surface area contributed by atoms with Crippen LogP contribution in [-0.4, -0.2) is 46.1 Å². The van der Waals surface area contributed by atoms with Crippen molar-refractivity contribution in [2.45, 2.75) is 52.7 Å². The van der Waals surface area contributed by atoms with Crippen molar-refractivity contribution in [1.29, 1.82) is 0 Å². The van der Waals surface area contributed by atoms with Crippen LogP contribution in [0.4, 0.5) is 9.59 Å². The molecular formula is C18H26N2O5S. The molecule has 26 heavy (non-hydrogen) atoms. The minimum absolute atomic E-state index is 0.153. The van der Waals surface area contributed by atoms with Crippen LogP contribution in [0.3, 0.4) is 0 Å². The van der Waals surface area contributed by atoms with E-state index in [1.807, 2.05) is 39.8 Å². The van der Waals surface area contributed by atoms with E-state index in [4.69, 9.17) is 14.2 Å². The highest BCUT2D eigenvalue weighted by Gasteiger charge is 2.33. The van der Waals surface area contributed by atoms with Gasteiger partial charge in [-0.05, 0) is 40.7 Å². The fourth-order valence-corrected chi connectivity index (χ4v) is 3.19. The number of benzene rings is 1. The molecule has 0 saturated heterocycles. The highest BCUT2D eigenvalue weighted by Crippen LogP contribution is 2.42. The molecule has 0 bridgehead atoms. The molecule has 7 nitrogen and oxygen atoms in total. The van der Waals surface area contributed by atoms with E-state index in [1.165, 1.54) is 15.7 Å². The first-order valence-corrected chi connectivity index (χ1v) is 9.28. The second kappa shape index (κ2) is 8.07. The summed E-state index contributed by atoms with van der Waals surface area (Å²) in [5, 5.41) is 0. The number of fused-ring (bicyclic) bond motifs is 1. The number of ether oxygens (including phenoxy) is 3. The number of amides is 2. The van der Waals surface area contributed by atoms with Crippen LogP contribution in [0.25, 0.3) is 0 Å². The molecule has 0 radical (unpaired) electrons. The molecule has 1 heterocycles.